The zero-order valence-electron chi connectivity index (χ0n) is 16.6. The molecule has 3 aliphatic rings. The van der Waals surface area contributed by atoms with Gasteiger partial charge in [-0.05, 0) is 55.1 Å². The first-order chi connectivity index (χ1) is 13.7. The summed E-state index contributed by atoms with van der Waals surface area (Å²) >= 11 is 0. The van der Waals surface area contributed by atoms with Crippen molar-refractivity contribution in [1.82, 2.24) is 24.7 Å². The average Bonchev–Trinajstić information content (AvgIpc) is 3.00. The Morgan fingerprint density at radius 1 is 1.07 bits per heavy atom. The molecule has 2 aromatic heterocycles. The van der Waals surface area contributed by atoms with Gasteiger partial charge in [0, 0.05) is 63.6 Å². The number of rotatable bonds is 6. The second kappa shape index (κ2) is 8.80. The number of aromatic nitrogens is 2. The Morgan fingerprint density at radius 3 is 2.71 bits per heavy atom. The van der Waals surface area contributed by atoms with Crippen molar-refractivity contribution in [3.8, 4) is 0 Å². The van der Waals surface area contributed by atoms with Gasteiger partial charge in [-0.2, -0.15) is 0 Å². The Kier molecular flexibility index (Phi) is 5.98. The minimum absolute atomic E-state index is 0.259. The molecule has 0 N–H and O–H groups in total. The predicted octanol–water partition coefficient (Wildman–Crippen LogP) is 2.03. The van der Waals surface area contributed by atoms with E-state index in [-0.39, 0.29) is 5.91 Å². The highest BCUT2D eigenvalue weighted by molar-refractivity contribution is 5.78. The lowest BCUT2D eigenvalue weighted by Crippen LogP contribution is -2.50. The third-order valence-electron chi connectivity index (χ3n) is 5.85. The molecule has 0 radical (unpaired) electrons. The number of amides is 1. The van der Waals surface area contributed by atoms with E-state index in [0.29, 0.717) is 18.5 Å². The van der Waals surface area contributed by atoms with Gasteiger partial charge in [-0.1, -0.05) is 6.07 Å². The van der Waals surface area contributed by atoms with Crippen molar-refractivity contribution in [3.63, 3.8) is 0 Å². The van der Waals surface area contributed by atoms with E-state index in [0.717, 1.165) is 39.1 Å². The van der Waals surface area contributed by atoms with Crippen LogP contribution in [0.5, 0.6) is 0 Å². The van der Waals surface area contributed by atoms with E-state index in [1.807, 2.05) is 37.6 Å². The fourth-order valence-corrected chi connectivity index (χ4v) is 4.54. The Balaban J connectivity index is 1.35. The molecule has 6 nitrogen and oxygen atoms in total. The summed E-state index contributed by atoms with van der Waals surface area (Å²) < 4.78 is 0. The molecule has 0 aromatic carbocycles. The smallest absolute Gasteiger partial charge is 0.237 e. The molecule has 148 valence electrons. The van der Waals surface area contributed by atoms with Gasteiger partial charge in [0.25, 0.3) is 0 Å². The van der Waals surface area contributed by atoms with Crippen molar-refractivity contribution in [1.29, 1.82) is 0 Å². The van der Waals surface area contributed by atoms with Crippen molar-refractivity contribution in [2.24, 2.45) is 5.92 Å². The van der Waals surface area contributed by atoms with Crippen LogP contribution in [0.25, 0.3) is 0 Å². The van der Waals surface area contributed by atoms with Gasteiger partial charge in [0.1, 0.15) is 0 Å². The molecule has 3 saturated heterocycles. The summed E-state index contributed by atoms with van der Waals surface area (Å²) in [6.07, 6.45) is 9.71. The van der Waals surface area contributed by atoms with Crippen molar-refractivity contribution in [3.05, 3.63) is 60.2 Å². The van der Waals surface area contributed by atoms with Crippen LogP contribution in [0.4, 0.5) is 0 Å². The van der Waals surface area contributed by atoms with Crippen LogP contribution in [0.15, 0.2) is 49.1 Å². The number of fused-ring (bicyclic) bond motifs is 4. The molecular formula is C22H29N5O. The van der Waals surface area contributed by atoms with Gasteiger partial charge in [-0.25, -0.2) is 0 Å². The highest BCUT2D eigenvalue weighted by atomic mass is 16.2. The first-order valence-electron chi connectivity index (χ1n) is 10.2. The summed E-state index contributed by atoms with van der Waals surface area (Å²) in [7, 11) is 2.02. The minimum Gasteiger partial charge on any atom is -0.337 e. The molecule has 3 fully saturated rings. The lowest BCUT2D eigenvalue weighted by atomic mass is 9.95. The van der Waals surface area contributed by atoms with Crippen LogP contribution in [-0.2, 0) is 17.9 Å². The minimum atomic E-state index is 0.259. The van der Waals surface area contributed by atoms with Crippen molar-refractivity contribution < 1.29 is 4.79 Å². The van der Waals surface area contributed by atoms with E-state index in [2.05, 4.69) is 30.7 Å². The highest BCUT2D eigenvalue weighted by Crippen LogP contribution is 2.29. The van der Waals surface area contributed by atoms with Crippen LogP contribution in [0, 0.1) is 5.92 Å². The maximum Gasteiger partial charge on any atom is 0.237 e. The zero-order valence-corrected chi connectivity index (χ0v) is 16.6. The second-order valence-corrected chi connectivity index (χ2v) is 8.23. The number of nitrogens with zero attached hydrogens (tertiary/aromatic N) is 5. The van der Waals surface area contributed by atoms with E-state index >= 15 is 0 Å². The van der Waals surface area contributed by atoms with Crippen molar-refractivity contribution in [2.45, 2.75) is 32.0 Å². The number of carbonyl (C=O) groups is 1. The topological polar surface area (TPSA) is 52.6 Å². The number of hydrogen-bond donors (Lipinski definition) is 0. The Bertz CT molecular complexity index is 769. The third-order valence-corrected chi connectivity index (χ3v) is 5.85. The van der Waals surface area contributed by atoms with Crippen LogP contribution in [0.2, 0.25) is 0 Å². The molecule has 0 unspecified atom stereocenters. The van der Waals surface area contributed by atoms with Gasteiger partial charge < -0.3 is 4.90 Å². The molecule has 28 heavy (non-hydrogen) atoms. The predicted molar refractivity (Wildman–Crippen MR) is 108 cm³/mol. The Labute approximate surface area is 167 Å². The number of carbonyl (C=O) groups excluding carboxylic acids is 1. The van der Waals surface area contributed by atoms with Crippen LogP contribution in [0.1, 0.15) is 24.0 Å². The van der Waals surface area contributed by atoms with Gasteiger partial charge in [-0.3, -0.25) is 24.6 Å². The molecule has 0 saturated carbocycles. The van der Waals surface area contributed by atoms with Crippen molar-refractivity contribution >= 4 is 5.91 Å². The highest BCUT2D eigenvalue weighted by Gasteiger charge is 2.37. The Morgan fingerprint density at radius 2 is 1.93 bits per heavy atom. The fourth-order valence-electron chi connectivity index (χ4n) is 4.54. The third kappa shape index (κ3) is 4.75. The summed E-state index contributed by atoms with van der Waals surface area (Å²) in [6.45, 7) is 5.09. The summed E-state index contributed by atoms with van der Waals surface area (Å²) in [6, 6.07) is 8.47. The zero-order chi connectivity index (χ0) is 19.3. The molecule has 0 spiro atoms. The standard InChI is InChI=1S/C22H29N5O/c1-25(12-18-6-9-23-10-7-18)17-22(28)27-15-20-4-5-21(27)16-26(14-20)13-19-3-2-8-24-11-19/h2-3,6-11,20-21H,4-5,12-17H2,1H3/t20-,21+/m0/s1. The van der Waals surface area contributed by atoms with E-state index in [9.17, 15) is 4.79 Å². The summed E-state index contributed by atoms with van der Waals surface area (Å²) in [5.74, 6) is 0.833. The lowest BCUT2D eigenvalue weighted by molar-refractivity contribution is -0.136. The molecule has 3 aliphatic heterocycles. The molecule has 2 atom stereocenters. The maximum atomic E-state index is 13.0. The van der Waals surface area contributed by atoms with Crippen LogP contribution >= 0.6 is 0 Å². The molecule has 6 heteroatoms. The van der Waals surface area contributed by atoms with Crippen molar-refractivity contribution in [2.75, 3.05) is 33.2 Å². The molecule has 1 amide bonds. The molecule has 5 heterocycles. The first kappa shape index (κ1) is 19.0. The fraction of sp³-hybridized carbons (Fsp3) is 0.500. The van der Waals surface area contributed by atoms with Crippen LogP contribution < -0.4 is 0 Å². The first-order valence-corrected chi connectivity index (χ1v) is 10.2. The van der Waals surface area contributed by atoms with Gasteiger partial charge in [-0.15, -0.1) is 0 Å². The summed E-state index contributed by atoms with van der Waals surface area (Å²) in [4.78, 5) is 28.1. The summed E-state index contributed by atoms with van der Waals surface area (Å²) in [5.41, 5.74) is 2.43. The monoisotopic (exact) mass is 379 g/mol. The SMILES string of the molecule is CN(CC(=O)N1C[C@H]2CC[C@@H]1CN(Cc1cccnc1)C2)Cc1ccncc1. The number of pyridine rings is 2. The van der Waals surface area contributed by atoms with E-state index in [4.69, 9.17) is 0 Å². The van der Waals surface area contributed by atoms with E-state index in [1.54, 1.807) is 12.4 Å². The van der Waals surface area contributed by atoms with Crippen LogP contribution in [0.3, 0.4) is 0 Å². The number of hydrogen-bond acceptors (Lipinski definition) is 5. The number of likely N-dealkylation sites (N-methyl/N-ethyl adjacent to an activating group) is 1. The van der Waals surface area contributed by atoms with Crippen LogP contribution in [-0.4, -0.2) is 69.8 Å². The normalized spacial score (nSPS) is 22.4. The average molecular weight is 380 g/mol. The van der Waals surface area contributed by atoms with Gasteiger partial charge in [0.15, 0.2) is 0 Å². The molecular weight excluding hydrogens is 350 g/mol. The molecule has 5 rings (SSSR count). The molecule has 2 bridgehead atoms. The van der Waals surface area contributed by atoms with E-state index < -0.39 is 0 Å². The second-order valence-electron chi connectivity index (χ2n) is 8.23. The largest absolute Gasteiger partial charge is 0.337 e. The van der Waals surface area contributed by atoms with Gasteiger partial charge >= 0.3 is 0 Å². The quantitative estimate of drug-likeness (QED) is 0.769. The maximum absolute atomic E-state index is 13.0. The lowest BCUT2D eigenvalue weighted by Gasteiger charge is -2.37. The van der Waals surface area contributed by atoms with Gasteiger partial charge in [0.05, 0.1) is 6.54 Å². The summed E-state index contributed by atoms with van der Waals surface area (Å²) in [5, 5.41) is 0. The Hall–Kier alpha value is -2.31. The van der Waals surface area contributed by atoms with E-state index in [1.165, 1.54) is 17.5 Å². The molecule has 2 aromatic rings. The molecule has 0 aliphatic carbocycles. The number of piperidine rings is 1. The van der Waals surface area contributed by atoms with Gasteiger partial charge in [0.2, 0.25) is 5.91 Å².